The fraction of sp³-hybridized carbons (Fsp3) is 0.417. The molecule has 0 fully saturated rings. The Balaban J connectivity index is 1.78. The predicted molar refractivity (Wildman–Crippen MR) is 75.3 cm³/mol. The fourth-order valence-electron chi connectivity index (χ4n) is 1.67. The van der Waals surface area contributed by atoms with E-state index in [9.17, 15) is 0 Å². The Morgan fingerprint density at radius 1 is 1.59 bits per heavy atom. The first-order valence-electron chi connectivity index (χ1n) is 5.61. The van der Waals surface area contributed by atoms with Crippen LogP contribution in [0.1, 0.15) is 23.5 Å². The molecule has 0 radical (unpaired) electrons. The second kappa shape index (κ2) is 5.80. The minimum atomic E-state index is 0.398. The molecule has 0 aliphatic heterocycles. The Morgan fingerprint density at radius 3 is 3.00 bits per heavy atom. The van der Waals surface area contributed by atoms with Gasteiger partial charge in [0.05, 0.1) is 5.69 Å². The van der Waals surface area contributed by atoms with E-state index < -0.39 is 0 Å². The molecule has 3 nitrogen and oxygen atoms in total. The van der Waals surface area contributed by atoms with Crippen LogP contribution >= 0.6 is 27.3 Å². The van der Waals surface area contributed by atoms with Crippen LogP contribution in [0.3, 0.4) is 0 Å². The summed E-state index contributed by atoms with van der Waals surface area (Å²) in [6.07, 6.45) is 2.95. The van der Waals surface area contributed by atoms with E-state index in [1.165, 1.54) is 4.88 Å². The molecule has 0 spiro atoms. The number of hydrogen-bond acceptors (Lipinski definition) is 3. The summed E-state index contributed by atoms with van der Waals surface area (Å²) in [6.45, 7) is 3.14. The first kappa shape index (κ1) is 12.8. The van der Waals surface area contributed by atoms with Gasteiger partial charge in [-0.15, -0.1) is 11.3 Å². The van der Waals surface area contributed by atoms with Crippen molar-refractivity contribution < 1.29 is 0 Å². The van der Waals surface area contributed by atoms with Gasteiger partial charge in [0.2, 0.25) is 0 Å². The van der Waals surface area contributed by atoms with Crippen molar-refractivity contribution in [2.24, 2.45) is 7.05 Å². The van der Waals surface area contributed by atoms with E-state index >= 15 is 0 Å². The Bertz CT molecular complexity index is 478. The van der Waals surface area contributed by atoms with E-state index in [1.807, 2.05) is 17.9 Å². The van der Waals surface area contributed by atoms with Crippen molar-refractivity contribution in [3.05, 3.63) is 38.8 Å². The van der Waals surface area contributed by atoms with Crippen LogP contribution in [0.4, 0.5) is 0 Å². The molecule has 1 atom stereocenters. The summed E-state index contributed by atoms with van der Waals surface area (Å²) in [6, 6.07) is 4.63. The van der Waals surface area contributed by atoms with Gasteiger partial charge in [0.15, 0.2) is 0 Å². The van der Waals surface area contributed by atoms with Crippen LogP contribution in [-0.2, 0) is 13.5 Å². The normalized spacial score (nSPS) is 12.9. The van der Waals surface area contributed by atoms with Gasteiger partial charge in [0, 0.05) is 47.0 Å². The molecular weight excluding hydrogens is 298 g/mol. The summed E-state index contributed by atoms with van der Waals surface area (Å²) in [5, 5.41) is 9.98. The van der Waals surface area contributed by atoms with Crippen molar-refractivity contribution in [2.45, 2.75) is 19.4 Å². The lowest BCUT2D eigenvalue weighted by atomic mass is 10.2. The first-order chi connectivity index (χ1) is 8.15. The predicted octanol–water partition coefficient (Wildman–Crippen LogP) is 3.14. The Labute approximate surface area is 114 Å². The smallest absolute Gasteiger partial charge is 0.0637 e. The average molecular weight is 314 g/mol. The number of thiophene rings is 1. The maximum absolute atomic E-state index is 4.36. The van der Waals surface area contributed by atoms with Crippen molar-refractivity contribution in [1.29, 1.82) is 0 Å². The molecule has 0 amide bonds. The van der Waals surface area contributed by atoms with Crippen molar-refractivity contribution in [1.82, 2.24) is 15.1 Å². The number of aryl methyl sites for hydroxylation is 1. The zero-order valence-electron chi connectivity index (χ0n) is 9.98. The lowest BCUT2D eigenvalue weighted by Gasteiger charge is -2.10. The van der Waals surface area contributed by atoms with Gasteiger partial charge in [-0.1, -0.05) is 0 Å². The summed E-state index contributed by atoms with van der Waals surface area (Å²) in [5.74, 6) is 0. The number of aromatic nitrogens is 2. The molecule has 92 valence electrons. The highest BCUT2D eigenvalue weighted by Gasteiger charge is 2.07. The third-order valence-electron chi connectivity index (χ3n) is 2.62. The van der Waals surface area contributed by atoms with Gasteiger partial charge in [-0.05, 0) is 35.0 Å². The number of halogens is 1. The van der Waals surface area contributed by atoms with Crippen molar-refractivity contribution >= 4 is 27.3 Å². The monoisotopic (exact) mass is 313 g/mol. The van der Waals surface area contributed by atoms with Crippen LogP contribution in [0.15, 0.2) is 28.2 Å². The molecule has 0 saturated heterocycles. The summed E-state index contributed by atoms with van der Waals surface area (Å²) in [4.78, 5) is 1.36. The molecule has 2 heterocycles. The number of nitrogens with zero attached hydrogens (tertiary/aromatic N) is 2. The molecule has 2 aromatic rings. The van der Waals surface area contributed by atoms with Gasteiger partial charge in [-0.25, -0.2) is 0 Å². The minimum absolute atomic E-state index is 0.398. The Kier molecular flexibility index (Phi) is 4.36. The Morgan fingerprint density at radius 2 is 2.41 bits per heavy atom. The SMILES string of the molecule is CC(NCCc1ccn(C)n1)c1cc(Br)cs1. The summed E-state index contributed by atoms with van der Waals surface area (Å²) in [7, 11) is 1.95. The van der Waals surface area contributed by atoms with Crippen molar-refractivity contribution in [3.63, 3.8) is 0 Å². The Hall–Kier alpha value is -0.650. The maximum Gasteiger partial charge on any atom is 0.0637 e. The van der Waals surface area contributed by atoms with Crippen LogP contribution < -0.4 is 5.32 Å². The molecule has 2 aromatic heterocycles. The van der Waals surface area contributed by atoms with Crippen LogP contribution in [0.5, 0.6) is 0 Å². The van der Waals surface area contributed by atoms with E-state index in [2.05, 4.69) is 50.8 Å². The van der Waals surface area contributed by atoms with Crippen molar-refractivity contribution in [2.75, 3.05) is 6.54 Å². The van der Waals surface area contributed by atoms with Crippen LogP contribution in [-0.4, -0.2) is 16.3 Å². The lowest BCUT2D eigenvalue weighted by molar-refractivity contribution is 0.578. The number of rotatable bonds is 5. The van der Waals surface area contributed by atoms with E-state index in [4.69, 9.17) is 0 Å². The third-order valence-corrected chi connectivity index (χ3v) is 4.49. The molecule has 2 rings (SSSR count). The van der Waals surface area contributed by atoms with E-state index in [-0.39, 0.29) is 0 Å². The second-order valence-corrected chi connectivity index (χ2v) is 5.93. The largest absolute Gasteiger partial charge is 0.309 e. The highest BCUT2D eigenvalue weighted by Crippen LogP contribution is 2.25. The first-order valence-corrected chi connectivity index (χ1v) is 7.28. The molecule has 0 bridgehead atoms. The highest BCUT2D eigenvalue weighted by molar-refractivity contribution is 9.10. The zero-order chi connectivity index (χ0) is 12.3. The molecule has 0 aromatic carbocycles. The summed E-state index contributed by atoms with van der Waals surface area (Å²) in [5.41, 5.74) is 1.14. The molecule has 0 aliphatic carbocycles. The van der Waals surface area contributed by atoms with Gasteiger partial charge < -0.3 is 5.32 Å². The maximum atomic E-state index is 4.36. The summed E-state index contributed by atoms with van der Waals surface area (Å²) < 4.78 is 3.01. The van der Waals surface area contributed by atoms with E-state index in [0.717, 1.165) is 23.1 Å². The lowest BCUT2D eigenvalue weighted by Crippen LogP contribution is -2.20. The highest BCUT2D eigenvalue weighted by atomic mass is 79.9. The molecule has 0 saturated carbocycles. The van der Waals surface area contributed by atoms with Gasteiger partial charge in [-0.3, -0.25) is 4.68 Å². The number of hydrogen-bond donors (Lipinski definition) is 1. The number of nitrogens with one attached hydrogen (secondary N) is 1. The molecule has 0 aliphatic rings. The van der Waals surface area contributed by atoms with E-state index in [1.54, 1.807) is 11.3 Å². The third kappa shape index (κ3) is 3.66. The molecule has 1 unspecified atom stereocenters. The fourth-order valence-corrected chi connectivity index (χ4v) is 3.15. The average Bonchev–Trinajstić information content (AvgIpc) is 2.88. The van der Waals surface area contributed by atoms with Gasteiger partial charge in [-0.2, -0.15) is 5.10 Å². The van der Waals surface area contributed by atoms with Gasteiger partial charge in [0.25, 0.3) is 0 Å². The van der Waals surface area contributed by atoms with Crippen molar-refractivity contribution in [3.8, 4) is 0 Å². The molecule has 1 N–H and O–H groups in total. The van der Waals surface area contributed by atoms with Crippen LogP contribution in [0.25, 0.3) is 0 Å². The van der Waals surface area contributed by atoms with Crippen LogP contribution in [0.2, 0.25) is 0 Å². The second-order valence-electron chi connectivity index (χ2n) is 4.07. The standard InChI is InChI=1S/C12H16BrN3S/c1-9(12-7-10(13)8-17-12)14-5-3-11-4-6-16(2)15-11/h4,6-9,14H,3,5H2,1-2H3. The molecule has 17 heavy (non-hydrogen) atoms. The quantitative estimate of drug-likeness (QED) is 0.919. The van der Waals surface area contributed by atoms with E-state index in [0.29, 0.717) is 6.04 Å². The van der Waals surface area contributed by atoms with Crippen LogP contribution in [0, 0.1) is 0 Å². The van der Waals surface area contributed by atoms with Gasteiger partial charge in [0.1, 0.15) is 0 Å². The topological polar surface area (TPSA) is 29.9 Å². The molecular formula is C12H16BrN3S. The zero-order valence-corrected chi connectivity index (χ0v) is 12.4. The minimum Gasteiger partial charge on any atom is -0.309 e. The van der Waals surface area contributed by atoms with Gasteiger partial charge >= 0.3 is 0 Å². The molecule has 5 heteroatoms. The summed E-state index contributed by atoms with van der Waals surface area (Å²) >= 11 is 5.26.